The highest BCUT2D eigenvalue weighted by atomic mass is 16.5. The maximum Gasteiger partial charge on any atom is 0.242 e. The summed E-state index contributed by atoms with van der Waals surface area (Å²) >= 11 is 0. The van der Waals surface area contributed by atoms with Gasteiger partial charge in [0.1, 0.15) is 6.04 Å². The van der Waals surface area contributed by atoms with Crippen LogP contribution < -0.4 is 10.6 Å². The predicted molar refractivity (Wildman–Crippen MR) is 46.1 cm³/mol. The van der Waals surface area contributed by atoms with Crippen LogP contribution in [0.25, 0.3) is 0 Å². The zero-order chi connectivity index (χ0) is 9.68. The molecular weight excluding hydrogens is 172 g/mol. The van der Waals surface area contributed by atoms with Crippen LogP contribution in [0.2, 0.25) is 0 Å². The SMILES string of the molecule is COCCNC(=O)C1CCC(=O)N1. The summed E-state index contributed by atoms with van der Waals surface area (Å²) in [5.74, 6) is -0.171. The van der Waals surface area contributed by atoms with Crippen molar-refractivity contribution in [3.05, 3.63) is 0 Å². The van der Waals surface area contributed by atoms with E-state index < -0.39 is 0 Å². The van der Waals surface area contributed by atoms with E-state index in [1.807, 2.05) is 0 Å². The molecule has 0 aromatic heterocycles. The number of methoxy groups -OCH3 is 1. The normalized spacial score (nSPS) is 21.3. The van der Waals surface area contributed by atoms with Crippen molar-refractivity contribution in [1.82, 2.24) is 10.6 Å². The number of hydrogen-bond donors (Lipinski definition) is 2. The fourth-order valence-electron chi connectivity index (χ4n) is 1.21. The molecule has 1 saturated heterocycles. The Bertz CT molecular complexity index is 206. The molecule has 0 aromatic rings. The number of carbonyl (C=O) groups is 2. The average molecular weight is 186 g/mol. The fraction of sp³-hybridized carbons (Fsp3) is 0.750. The van der Waals surface area contributed by atoms with Gasteiger partial charge in [0.2, 0.25) is 11.8 Å². The standard InChI is InChI=1S/C8H14N2O3/c1-13-5-4-9-8(12)6-2-3-7(11)10-6/h6H,2-5H2,1H3,(H,9,12)(H,10,11). The Morgan fingerprint density at radius 1 is 1.77 bits per heavy atom. The molecule has 0 aromatic carbocycles. The van der Waals surface area contributed by atoms with Crippen LogP contribution in [0.5, 0.6) is 0 Å². The molecule has 2 N–H and O–H groups in total. The zero-order valence-corrected chi connectivity index (χ0v) is 7.63. The number of nitrogens with one attached hydrogen (secondary N) is 2. The van der Waals surface area contributed by atoms with E-state index in [0.717, 1.165) is 0 Å². The topological polar surface area (TPSA) is 67.4 Å². The summed E-state index contributed by atoms with van der Waals surface area (Å²) in [5.41, 5.74) is 0. The predicted octanol–water partition coefficient (Wildman–Crippen LogP) is -0.972. The molecule has 13 heavy (non-hydrogen) atoms. The lowest BCUT2D eigenvalue weighted by Gasteiger charge is -2.09. The lowest BCUT2D eigenvalue weighted by atomic mass is 10.2. The Morgan fingerprint density at radius 3 is 3.08 bits per heavy atom. The summed E-state index contributed by atoms with van der Waals surface area (Å²) in [6, 6.07) is -0.343. The quantitative estimate of drug-likeness (QED) is 0.555. The van der Waals surface area contributed by atoms with Crippen molar-refractivity contribution < 1.29 is 14.3 Å². The first-order valence-electron chi connectivity index (χ1n) is 4.30. The van der Waals surface area contributed by atoms with Crippen LogP contribution >= 0.6 is 0 Å². The second-order valence-corrected chi connectivity index (χ2v) is 2.94. The van der Waals surface area contributed by atoms with E-state index in [0.29, 0.717) is 26.0 Å². The maximum atomic E-state index is 11.3. The van der Waals surface area contributed by atoms with Gasteiger partial charge in [-0.2, -0.15) is 0 Å². The van der Waals surface area contributed by atoms with Gasteiger partial charge in [-0.05, 0) is 6.42 Å². The first-order valence-corrected chi connectivity index (χ1v) is 4.30. The third-order valence-electron chi connectivity index (χ3n) is 1.92. The smallest absolute Gasteiger partial charge is 0.242 e. The highest BCUT2D eigenvalue weighted by Gasteiger charge is 2.26. The first-order chi connectivity index (χ1) is 6.24. The molecule has 1 atom stereocenters. The molecule has 0 aliphatic carbocycles. The van der Waals surface area contributed by atoms with Crippen LogP contribution in [-0.4, -0.2) is 38.1 Å². The molecule has 1 aliphatic heterocycles. The summed E-state index contributed by atoms with van der Waals surface area (Å²) in [5, 5.41) is 5.26. The first kappa shape index (κ1) is 9.98. The second-order valence-electron chi connectivity index (χ2n) is 2.94. The number of carbonyl (C=O) groups excluding carboxylic acids is 2. The van der Waals surface area contributed by atoms with Crippen molar-refractivity contribution in [2.24, 2.45) is 0 Å². The summed E-state index contributed by atoms with van der Waals surface area (Å²) in [6.07, 6.45) is 1.04. The van der Waals surface area contributed by atoms with E-state index in [2.05, 4.69) is 10.6 Å². The van der Waals surface area contributed by atoms with Crippen molar-refractivity contribution >= 4 is 11.8 Å². The van der Waals surface area contributed by atoms with Crippen molar-refractivity contribution in [1.29, 1.82) is 0 Å². The van der Waals surface area contributed by atoms with E-state index in [1.54, 1.807) is 7.11 Å². The minimum absolute atomic E-state index is 0.0492. The molecule has 1 unspecified atom stereocenters. The van der Waals surface area contributed by atoms with E-state index in [9.17, 15) is 9.59 Å². The molecule has 1 heterocycles. The lowest BCUT2D eigenvalue weighted by Crippen LogP contribution is -2.42. The lowest BCUT2D eigenvalue weighted by molar-refractivity contribution is -0.125. The van der Waals surface area contributed by atoms with Crippen molar-refractivity contribution in [2.45, 2.75) is 18.9 Å². The molecule has 0 spiro atoms. The van der Waals surface area contributed by atoms with E-state index in [4.69, 9.17) is 4.74 Å². The van der Waals surface area contributed by atoms with Crippen LogP contribution in [0.15, 0.2) is 0 Å². The van der Waals surface area contributed by atoms with Gasteiger partial charge in [-0.1, -0.05) is 0 Å². The van der Waals surface area contributed by atoms with Crippen LogP contribution in [0, 0.1) is 0 Å². The monoisotopic (exact) mass is 186 g/mol. The van der Waals surface area contributed by atoms with Crippen LogP contribution in [0.3, 0.4) is 0 Å². The fourth-order valence-corrected chi connectivity index (χ4v) is 1.21. The Hall–Kier alpha value is -1.10. The van der Waals surface area contributed by atoms with Crippen LogP contribution in [-0.2, 0) is 14.3 Å². The maximum absolute atomic E-state index is 11.3. The van der Waals surface area contributed by atoms with E-state index in [1.165, 1.54) is 0 Å². The van der Waals surface area contributed by atoms with Crippen LogP contribution in [0.1, 0.15) is 12.8 Å². The van der Waals surface area contributed by atoms with E-state index in [-0.39, 0.29) is 17.9 Å². The van der Waals surface area contributed by atoms with E-state index >= 15 is 0 Å². The minimum Gasteiger partial charge on any atom is -0.383 e. The molecule has 1 rings (SSSR count). The molecule has 0 radical (unpaired) electrons. The van der Waals surface area contributed by atoms with Crippen molar-refractivity contribution in [3.63, 3.8) is 0 Å². The van der Waals surface area contributed by atoms with Crippen molar-refractivity contribution in [3.8, 4) is 0 Å². The summed E-state index contributed by atoms with van der Waals surface area (Å²) in [7, 11) is 1.57. The molecular formula is C8H14N2O3. The van der Waals surface area contributed by atoms with Gasteiger partial charge in [-0.25, -0.2) is 0 Å². The second kappa shape index (κ2) is 4.81. The average Bonchev–Trinajstić information content (AvgIpc) is 2.52. The number of amides is 2. The highest BCUT2D eigenvalue weighted by Crippen LogP contribution is 2.05. The van der Waals surface area contributed by atoms with Gasteiger partial charge < -0.3 is 15.4 Å². The Balaban J connectivity index is 2.20. The molecule has 1 fully saturated rings. The number of rotatable bonds is 4. The van der Waals surface area contributed by atoms with Gasteiger partial charge in [-0.3, -0.25) is 9.59 Å². The highest BCUT2D eigenvalue weighted by molar-refractivity contribution is 5.90. The van der Waals surface area contributed by atoms with Crippen LogP contribution in [0.4, 0.5) is 0 Å². The van der Waals surface area contributed by atoms with Crippen molar-refractivity contribution in [2.75, 3.05) is 20.3 Å². The van der Waals surface area contributed by atoms with Gasteiger partial charge >= 0.3 is 0 Å². The number of ether oxygens (including phenoxy) is 1. The molecule has 2 amide bonds. The molecule has 0 bridgehead atoms. The minimum atomic E-state index is -0.343. The zero-order valence-electron chi connectivity index (χ0n) is 7.63. The molecule has 1 aliphatic rings. The van der Waals surface area contributed by atoms with Gasteiger partial charge in [0.15, 0.2) is 0 Å². The summed E-state index contributed by atoms with van der Waals surface area (Å²) in [6.45, 7) is 0.980. The van der Waals surface area contributed by atoms with Gasteiger partial charge in [-0.15, -0.1) is 0 Å². The van der Waals surface area contributed by atoms with Gasteiger partial charge in [0, 0.05) is 20.1 Å². The Morgan fingerprint density at radius 2 is 2.54 bits per heavy atom. The third kappa shape index (κ3) is 3.02. The molecule has 5 nitrogen and oxygen atoms in total. The molecule has 74 valence electrons. The van der Waals surface area contributed by atoms with Gasteiger partial charge in [0.05, 0.1) is 6.61 Å². The molecule has 5 heteroatoms. The largest absolute Gasteiger partial charge is 0.383 e. The van der Waals surface area contributed by atoms with Gasteiger partial charge in [0.25, 0.3) is 0 Å². The summed E-state index contributed by atoms with van der Waals surface area (Å²) in [4.78, 5) is 22.1. The molecule has 0 saturated carbocycles. The summed E-state index contributed by atoms with van der Waals surface area (Å²) < 4.78 is 4.77. The Kier molecular flexibility index (Phi) is 3.70. The Labute approximate surface area is 76.8 Å². The number of hydrogen-bond acceptors (Lipinski definition) is 3. The third-order valence-corrected chi connectivity index (χ3v) is 1.92.